The Kier molecular flexibility index (Phi) is 18.2. The molecule has 0 saturated carbocycles. The van der Waals surface area contributed by atoms with Crippen molar-refractivity contribution in [2.24, 2.45) is 0 Å². The second kappa shape index (κ2) is 18.7. The third-order valence-corrected chi connectivity index (χ3v) is 22.1. The highest BCUT2D eigenvalue weighted by Crippen LogP contribution is 2.30. The van der Waals surface area contributed by atoms with Crippen LogP contribution in [0.4, 0.5) is 0 Å². The second-order valence-electron chi connectivity index (χ2n) is 12.4. The minimum absolute atomic E-state index is 0.0739. The van der Waals surface area contributed by atoms with Crippen LogP contribution in [0, 0.1) is 0 Å². The Morgan fingerprint density at radius 2 is 1.15 bits per heavy atom. The minimum Gasteiger partial charge on any atom is -0.462 e. The Morgan fingerprint density at radius 3 is 1.59 bits per heavy atom. The summed E-state index contributed by atoms with van der Waals surface area (Å²) in [6, 6.07) is 2.30. The van der Waals surface area contributed by atoms with E-state index in [1.165, 1.54) is 0 Å². The lowest BCUT2D eigenvalue weighted by Crippen LogP contribution is -2.57. The zero-order valence-corrected chi connectivity index (χ0v) is 30.9. The maximum absolute atomic E-state index is 11.7. The van der Waals surface area contributed by atoms with E-state index in [1.807, 2.05) is 0 Å². The van der Waals surface area contributed by atoms with Crippen LogP contribution < -0.4 is 0 Å². The molecule has 0 saturated heterocycles. The Bertz CT molecular complexity index is 850. The van der Waals surface area contributed by atoms with Crippen LogP contribution in [0.15, 0.2) is 24.3 Å². The van der Waals surface area contributed by atoms with Crippen LogP contribution in [0.2, 0.25) is 64.0 Å². The highest BCUT2D eigenvalue weighted by atomic mass is 28.5. The van der Waals surface area contributed by atoms with Crippen LogP contribution in [0.3, 0.4) is 0 Å². The van der Waals surface area contributed by atoms with Gasteiger partial charge in [0.15, 0.2) is 16.6 Å². The fraction of sp³-hybridized carbons (Fsp3) is 0.778. The molecule has 0 rings (SSSR count). The van der Waals surface area contributed by atoms with Gasteiger partial charge in [-0.2, -0.15) is 0 Å². The predicted molar refractivity (Wildman–Crippen MR) is 171 cm³/mol. The van der Waals surface area contributed by atoms with Crippen molar-refractivity contribution in [2.75, 3.05) is 33.0 Å². The maximum Gasteiger partial charge on any atom is 0.333 e. The lowest BCUT2D eigenvalue weighted by Gasteiger charge is -2.42. The van der Waals surface area contributed by atoms with E-state index >= 15 is 0 Å². The summed E-state index contributed by atoms with van der Waals surface area (Å²) in [7, 11) is -9.71. The van der Waals surface area contributed by atoms with Crippen LogP contribution in [-0.2, 0) is 36.1 Å². The Hall–Kier alpha value is -0.952. The molecule has 0 amide bonds. The van der Waals surface area contributed by atoms with Crippen molar-refractivity contribution < 1.29 is 46.4 Å². The van der Waals surface area contributed by atoms with Crippen molar-refractivity contribution in [3.63, 3.8) is 0 Å². The molecule has 0 bridgehead atoms. The van der Waals surface area contributed by atoms with Gasteiger partial charge in [0.25, 0.3) is 0 Å². The molecule has 0 fully saturated rings. The molecule has 0 aromatic rings. The molecule has 0 aliphatic carbocycles. The molecule has 14 heteroatoms. The predicted octanol–water partition coefficient (Wildman–Crippen LogP) is 5.00. The van der Waals surface area contributed by atoms with Crippen molar-refractivity contribution in [1.29, 1.82) is 0 Å². The number of ether oxygens (including phenoxy) is 3. The normalized spacial score (nSPS) is 14.7. The van der Waals surface area contributed by atoms with Gasteiger partial charge in [0, 0.05) is 17.8 Å². The first kappa shape index (κ1) is 40.0. The van der Waals surface area contributed by atoms with Gasteiger partial charge in [0.05, 0.1) is 26.4 Å². The number of aliphatic hydroxyl groups is 2. The monoisotopic (exact) mass is 652 g/mol. The summed E-state index contributed by atoms with van der Waals surface area (Å²) in [6.07, 6.45) is 1.19. The fourth-order valence-electron chi connectivity index (χ4n) is 4.35. The first-order valence-corrected chi connectivity index (χ1v) is 25.9. The molecule has 2 atom stereocenters. The quantitative estimate of drug-likeness (QED) is 0.0673. The number of carbonyl (C=O) groups excluding carboxylic acids is 2. The lowest BCUT2D eigenvalue weighted by molar-refractivity contribution is -0.139. The summed E-state index contributed by atoms with van der Waals surface area (Å²) < 4.78 is 36.5. The van der Waals surface area contributed by atoms with Crippen LogP contribution in [-0.4, -0.2) is 95.0 Å². The second-order valence-corrected chi connectivity index (χ2v) is 28.5. The van der Waals surface area contributed by atoms with Gasteiger partial charge in [-0.1, -0.05) is 13.2 Å². The standard InChI is InChI=1S/C27H56O10Si4/c1-23(2)26(30)33-16-13-18-38(5,6)35-40(9,10)37-41(11,20-12-15-32-22-25(29)21-28)36-39(7,8)19-14-17-34-27(31)24(3)4/h25,28-29H,1,3,12-22H2,2,4-11H3. The van der Waals surface area contributed by atoms with E-state index in [0.29, 0.717) is 56.3 Å². The summed E-state index contributed by atoms with van der Waals surface area (Å²) in [4.78, 5) is 23.4. The van der Waals surface area contributed by atoms with E-state index in [9.17, 15) is 14.7 Å². The van der Waals surface area contributed by atoms with Gasteiger partial charge in [-0.25, -0.2) is 9.59 Å². The number of hydrogen-bond acceptors (Lipinski definition) is 10. The van der Waals surface area contributed by atoms with E-state index in [-0.39, 0.29) is 25.2 Å². The summed E-state index contributed by atoms with van der Waals surface area (Å²) in [5, 5.41) is 18.6. The van der Waals surface area contributed by atoms with Crippen LogP contribution in [0.5, 0.6) is 0 Å². The molecule has 240 valence electrons. The largest absolute Gasteiger partial charge is 0.462 e. The molecule has 2 N–H and O–H groups in total. The fourth-order valence-corrected chi connectivity index (χ4v) is 24.0. The van der Waals surface area contributed by atoms with Crippen molar-refractivity contribution in [2.45, 2.75) is 103 Å². The smallest absolute Gasteiger partial charge is 0.333 e. The average Bonchev–Trinajstić information content (AvgIpc) is 2.81. The van der Waals surface area contributed by atoms with E-state index in [0.717, 1.165) is 12.1 Å². The molecule has 41 heavy (non-hydrogen) atoms. The minimum atomic E-state index is -2.74. The number of rotatable bonds is 23. The number of carbonyl (C=O) groups is 2. The van der Waals surface area contributed by atoms with Crippen molar-refractivity contribution in [3.8, 4) is 0 Å². The highest BCUT2D eigenvalue weighted by Gasteiger charge is 2.45. The summed E-state index contributed by atoms with van der Waals surface area (Å²) in [5.41, 5.74) is 0.768. The zero-order valence-electron chi connectivity index (χ0n) is 26.9. The Balaban J connectivity index is 5.32. The van der Waals surface area contributed by atoms with Gasteiger partial charge in [0.2, 0.25) is 0 Å². The summed E-state index contributed by atoms with van der Waals surface area (Å²) in [5.74, 6) is -0.761. The maximum atomic E-state index is 11.7. The third kappa shape index (κ3) is 19.8. The summed E-state index contributed by atoms with van der Waals surface area (Å²) in [6.45, 7) is 26.1. The number of esters is 2. The molecule has 0 spiro atoms. The average molecular weight is 653 g/mol. The molecule has 0 heterocycles. The SMILES string of the molecule is C=C(C)C(=O)OCCC[Si](C)(C)O[Si](C)(C)O[Si](C)(CCCOCC(O)CO)O[Si](C)(C)CCCOC(=O)C(=C)C. The van der Waals surface area contributed by atoms with Gasteiger partial charge in [-0.3, -0.25) is 0 Å². The van der Waals surface area contributed by atoms with Gasteiger partial charge >= 0.3 is 29.1 Å². The number of aliphatic hydroxyl groups excluding tert-OH is 2. The lowest BCUT2D eigenvalue weighted by atomic mass is 10.4. The van der Waals surface area contributed by atoms with Gasteiger partial charge < -0.3 is 36.8 Å². The molecular weight excluding hydrogens is 597 g/mol. The van der Waals surface area contributed by atoms with E-state index in [4.69, 9.17) is 31.7 Å². The Morgan fingerprint density at radius 1 is 0.707 bits per heavy atom. The molecule has 0 aliphatic heterocycles. The first-order valence-electron chi connectivity index (χ1n) is 14.4. The van der Waals surface area contributed by atoms with Gasteiger partial charge in [-0.15, -0.1) is 0 Å². The van der Waals surface area contributed by atoms with Crippen LogP contribution in [0.1, 0.15) is 33.1 Å². The first-order chi connectivity index (χ1) is 18.7. The van der Waals surface area contributed by atoms with Gasteiger partial charge in [-0.05, 0) is 97.1 Å². The van der Waals surface area contributed by atoms with Crippen LogP contribution in [0.25, 0.3) is 0 Å². The van der Waals surface area contributed by atoms with Gasteiger partial charge in [0.1, 0.15) is 6.10 Å². The van der Waals surface area contributed by atoms with E-state index in [1.54, 1.807) is 13.8 Å². The van der Waals surface area contributed by atoms with Crippen molar-refractivity contribution >= 4 is 45.7 Å². The zero-order chi connectivity index (χ0) is 31.9. The topological polar surface area (TPSA) is 130 Å². The summed E-state index contributed by atoms with van der Waals surface area (Å²) >= 11 is 0. The Labute approximate surface area is 252 Å². The molecule has 10 nitrogen and oxygen atoms in total. The van der Waals surface area contributed by atoms with Crippen LogP contribution >= 0.6 is 0 Å². The molecular formula is C27H56O10Si4. The molecule has 0 radical (unpaired) electrons. The van der Waals surface area contributed by atoms with E-state index in [2.05, 4.69) is 59.0 Å². The molecule has 0 aromatic heterocycles. The van der Waals surface area contributed by atoms with Crippen molar-refractivity contribution in [1.82, 2.24) is 0 Å². The highest BCUT2D eigenvalue weighted by molar-refractivity contribution is 6.89. The van der Waals surface area contributed by atoms with E-state index < -0.39 is 39.9 Å². The molecule has 0 aromatic carbocycles. The van der Waals surface area contributed by atoms with Crippen molar-refractivity contribution in [3.05, 3.63) is 24.3 Å². The number of hydrogen-bond donors (Lipinski definition) is 2. The molecule has 2 unspecified atom stereocenters. The molecule has 0 aliphatic rings. The third-order valence-electron chi connectivity index (χ3n) is 5.93.